The number of nitrogens with one attached hydrogen (secondary N) is 1. The van der Waals surface area contributed by atoms with E-state index in [1.807, 2.05) is 6.07 Å². The zero-order chi connectivity index (χ0) is 16.3. The Morgan fingerprint density at radius 3 is 2.48 bits per heavy atom. The number of nitrogens with two attached hydrogens (primary N) is 1. The standard InChI is InChI=1S/C20H31N3/c1-2-3-4-5-6-7-8-9-13-22-16-17-10-11-19-18(15-17)12-14-23-20(19)21/h10-12,14-15,22H,2-9,13,16H2,1H3,(H2,21,23). The van der Waals surface area contributed by atoms with Gasteiger partial charge >= 0.3 is 0 Å². The summed E-state index contributed by atoms with van der Waals surface area (Å²) in [7, 11) is 0. The van der Waals surface area contributed by atoms with Gasteiger partial charge in [-0.05, 0) is 36.0 Å². The van der Waals surface area contributed by atoms with Crippen LogP contribution < -0.4 is 11.1 Å². The van der Waals surface area contributed by atoms with Gasteiger partial charge in [0.1, 0.15) is 5.82 Å². The highest BCUT2D eigenvalue weighted by Gasteiger charge is 2.00. The van der Waals surface area contributed by atoms with E-state index < -0.39 is 0 Å². The number of pyridine rings is 1. The average Bonchev–Trinajstić information content (AvgIpc) is 2.57. The number of nitrogen functional groups attached to an aromatic ring is 1. The van der Waals surface area contributed by atoms with E-state index in [0.29, 0.717) is 5.82 Å². The smallest absolute Gasteiger partial charge is 0.131 e. The Morgan fingerprint density at radius 2 is 1.70 bits per heavy atom. The van der Waals surface area contributed by atoms with Crippen LogP contribution in [0.3, 0.4) is 0 Å². The van der Waals surface area contributed by atoms with E-state index in [1.54, 1.807) is 6.20 Å². The molecule has 0 bridgehead atoms. The fraction of sp³-hybridized carbons (Fsp3) is 0.550. The third-order valence-electron chi connectivity index (χ3n) is 4.40. The zero-order valence-corrected chi connectivity index (χ0v) is 14.5. The number of rotatable bonds is 11. The van der Waals surface area contributed by atoms with Crippen molar-refractivity contribution >= 4 is 16.6 Å². The Bertz CT molecular complexity index is 580. The van der Waals surface area contributed by atoms with Crippen molar-refractivity contribution in [3.05, 3.63) is 36.0 Å². The normalized spacial score (nSPS) is 11.2. The second-order valence-corrected chi connectivity index (χ2v) is 6.40. The highest BCUT2D eigenvalue weighted by molar-refractivity contribution is 5.91. The molecule has 0 unspecified atom stereocenters. The number of hydrogen-bond donors (Lipinski definition) is 2. The van der Waals surface area contributed by atoms with Crippen LogP contribution >= 0.6 is 0 Å². The summed E-state index contributed by atoms with van der Waals surface area (Å²) in [6.45, 7) is 4.30. The van der Waals surface area contributed by atoms with Crippen LogP contribution in [0.1, 0.15) is 63.9 Å². The molecule has 0 amide bonds. The monoisotopic (exact) mass is 313 g/mol. The highest BCUT2D eigenvalue weighted by atomic mass is 14.8. The lowest BCUT2D eigenvalue weighted by Crippen LogP contribution is -2.14. The minimum absolute atomic E-state index is 0.612. The first-order valence-electron chi connectivity index (χ1n) is 9.15. The number of nitrogens with zero attached hydrogens (tertiary/aromatic N) is 1. The molecule has 126 valence electrons. The molecule has 0 aliphatic rings. The van der Waals surface area contributed by atoms with Crippen LogP contribution in [0.5, 0.6) is 0 Å². The Labute approximate surface area is 140 Å². The summed E-state index contributed by atoms with van der Waals surface area (Å²) < 4.78 is 0. The molecule has 0 spiro atoms. The minimum Gasteiger partial charge on any atom is -0.383 e. The first kappa shape index (κ1) is 17.7. The van der Waals surface area contributed by atoms with Gasteiger partial charge in [-0.1, -0.05) is 64.0 Å². The van der Waals surface area contributed by atoms with Gasteiger partial charge in [0, 0.05) is 18.1 Å². The molecule has 1 aromatic carbocycles. The van der Waals surface area contributed by atoms with Gasteiger partial charge in [0.05, 0.1) is 0 Å². The van der Waals surface area contributed by atoms with E-state index in [2.05, 4.69) is 35.4 Å². The predicted octanol–water partition coefficient (Wildman–Crippen LogP) is 5.05. The molecule has 0 aliphatic heterocycles. The number of anilines is 1. The zero-order valence-electron chi connectivity index (χ0n) is 14.5. The van der Waals surface area contributed by atoms with E-state index in [9.17, 15) is 0 Å². The van der Waals surface area contributed by atoms with Gasteiger partial charge in [0.15, 0.2) is 0 Å². The van der Waals surface area contributed by atoms with Gasteiger partial charge in [0.25, 0.3) is 0 Å². The van der Waals surface area contributed by atoms with E-state index in [1.165, 1.54) is 62.3 Å². The van der Waals surface area contributed by atoms with Crippen molar-refractivity contribution in [3.8, 4) is 0 Å². The van der Waals surface area contributed by atoms with Crippen molar-refractivity contribution < 1.29 is 0 Å². The van der Waals surface area contributed by atoms with Gasteiger partial charge in [0.2, 0.25) is 0 Å². The number of fused-ring (bicyclic) bond motifs is 1. The minimum atomic E-state index is 0.612. The molecular weight excluding hydrogens is 282 g/mol. The molecule has 1 aromatic heterocycles. The molecule has 0 fully saturated rings. The Kier molecular flexibility index (Phi) is 7.88. The van der Waals surface area contributed by atoms with Gasteiger partial charge in [-0.25, -0.2) is 4.98 Å². The topological polar surface area (TPSA) is 50.9 Å². The van der Waals surface area contributed by atoms with Crippen molar-refractivity contribution in [1.82, 2.24) is 10.3 Å². The average molecular weight is 313 g/mol. The van der Waals surface area contributed by atoms with Crippen molar-refractivity contribution in [2.45, 2.75) is 64.8 Å². The summed E-state index contributed by atoms with van der Waals surface area (Å²) in [5.41, 5.74) is 7.19. The molecule has 0 saturated carbocycles. The first-order valence-corrected chi connectivity index (χ1v) is 9.15. The molecular formula is C20H31N3. The molecule has 2 aromatic rings. The lowest BCUT2D eigenvalue weighted by atomic mass is 10.1. The summed E-state index contributed by atoms with van der Waals surface area (Å²) in [6, 6.07) is 8.44. The molecule has 2 rings (SSSR count). The summed E-state index contributed by atoms with van der Waals surface area (Å²) in [5, 5.41) is 5.76. The van der Waals surface area contributed by atoms with Crippen LogP contribution in [-0.2, 0) is 6.54 Å². The predicted molar refractivity (Wildman–Crippen MR) is 100 cm³/mol. The number of unbranched alkanes of at least 4 members (excludes halogenated alkanes) is 7. The number of hydrogen-bond acceptors (Lipinski definition) is 3. The second kappa shape index (κ2) is 10.2. The van der Waals surface area contributed by atoms with E-state index in [4.69, 9.17) is 5.73 Å². The summed E-state index contributed by atoms with van der Waals surface area (Å²) >= 11 is 0. The van der Waals surface area contributed by atoms with Crippen LogP contribution in [-0.4, -0.2) is 11.5 Å². The Balaban J connectivity index is 1.60. The maximum atomic E-state index is 5.89. The van der Waals surface area contributed by atoms with Crippen molar-refractivity contribution in [3.63, 3.8) is 0 Å². The largest absolute Gasteiger partial charge is 0.383 e. The maximum Gasteiger partial charge on any atom is 0.131 e. The van der Waals surface area contributed by atoms with Crippen LogP contribution in [0, 0.1) is 0 Å². The van der Waals surface area contributed by atoms with Crippen molar-refractivity contribution in [2.75, 3.05) is 12.3 Å². The number of aromatic nitrogens is 1. The molecule has 3 N–H and O–H groups in total. The molecule has 0 atom stereocenters. The number of benzene rings is 1. The van der Waals surface area contributed by atoms with E-state index >= 15 is 0 Å². The van der Waals surface area contributed by atoms with Crippen LogP contribution in [0.4, 0.5) is 5.82 Å². The highest BCUT2D eigenvalue weighted by Crippen LogP contribution is 2.19. The van der Waals surface area contributed by atoms with Crippen LogP contribution in [0.2, 0.25) is 0 Å². The summed E-state index contributed by atoms with van der Waals surface area (Å²) in [4.78, 5) is 4.13. The van der Waals surface area contributed by atoms with E-state index in [0.717, 1.165) is 18.5 Å². The fourth-order valence-corrected chi connectivity index (χ4v) is 2.98. The maximum absolute atomic E-state index is 5.89. The molecule has 3 nitrogen and oxygen atoms in total. The molecule has 1 heterocycles. The molecule has 0 radical (unpaired) electrons. The second-order valence-electron chi connectivity index (χ2n) is 6.40. The molecule has 0 aliphatic carbocycles. The third kappa shape index (κ3) is 6.19. The van der Waals surface area contributed by atoms with Crippen molar-refractivity contribution in [2.24, 2.45) is 0 Å². The SMILES string of the molecule is CCCCCCCCCCNCc1ccc2c(N)nccc2c1. The third-order valence-corrected chi connectivity index (χ3v) is 4.40. The van der Waals surface area contributed by atoms with Crippen LogP contribution in [0.15, 0.2) is 30.5 Å². The van der Waals surface area contributed by atoms with E-state index in [-0.39, 0.29) is 0 Å². The Morgan fingerprint density at radius 1 is 0.957 bits per heavy atom. The van der Waals surface area contributed by atoms with Gasteiger partial charge in [-0.15, -0.1) is 0 Å². The van der Waals surface area contributed by atoms with Gasteiger partial charge in [-0.2, -0.15) is 0 Å². The lowest BCUT2D eigenvalue weighted by molar-refractivity contribution is 0.555. The molecule has 23 heavy (non-hydrogen) atoms. The summed E-state index contributed by atoms with van der Waals surface area (Å²) in [5.74, 6) is 0.612. The molecule has 0 saturated heterocycles. The first-order chi connectivity index (χ1) is 11.3. The lowest BCUT2D eigenvalue weighted by Gasteiger charge is -2.07. The van der Waals surface area contributed by atoms with Gasteiger partial charge in [-0.3, -0.25) is 0 Å². The fourth-order valence-electron chi connectivity index (χ4n) is 2.98. The summed E-state index contributed by atoms with van der Waals surface area (Å²) in [6.07, 6.45) is 12.7. The van der Waals surface area contributed by atoms with Gasteiger partial charge < -0.3 is 11.1 Å². The molecule has 3 heteroatoms. The quantitative estimate of drug-likeness (QED) is 0.571. The van der Waals surface area contributed by atoms with Crippen molar-refractivity contribution in [1.29, 1.82) is 0 Å². The Hall–Kier alpha value is -1.61. The van der Waals surface area contributed by atoms with Crippen LogP contribution in [0.25, 0.3) is 10.8 Å².